The molecule has 0 unspecified atom stereocenters. The topological polar surface area (TPSA) is 41.6 Å². The van der Waals surface area contributed by atoms with E-state index in [0.29, 0.717) is 6.67 Å². The second kappa shape index (κ2) is 7.08. The molecule has 0 aliphatic rings. The summed E-state index contributed by atoms with van der Waals surface area (Å²) in [4.78, 5) is 13.3. The third-order valence-corrected chi connectivity index (χ3v) is 2.68. The van der Waals surface area contributed by atoms with Crippen LogP contribution in [0.15, 0.2) is 24.3 Å². The Kier molecular flexibility index (Phi) is 6.04. The van der Waals surface area contributed by atoms with E-state index >= 15 is 0 Å². The van der Waals surface area contributed by atoms with E-state index in [1.807, 2.05) is 43.1 Å². The van der Waals surface area contributed by atoms with Gasteiger partial charge in [0, 0.05) is 12.7 Å². The number of aryl methyl sites for hydroxylation is 1. The average molecular weight is 326 g/mol. The number of hydrogen-bond acceptors (Lipinski definition) is 3. The first-order chi connectivity index (χ1) is 8.79. The molecule has 19 heavy (non-hydrogen) atoms. The quantitative estimate of drug-likeness (QED) is 0.680. The van der Waals surface area contributed by atoms with Crippen LogP contribution in [0.5, 0.6) is 0 Å². The molecule has 0 atom stereocenters. The lowest BCUT2D eigenvalue weighted by molar-refractivity contribution is 0.148. The normalized spacial score (nSPS) is 11.0. The number of carbonyl (C=O) groups is 1. The third-order valence-electron chi connectivity index (χ3n) is 2.35. The minimum atomic E-state index is -1.60. The van der Waals surface area contributed by atoms with E-state index in [1.165, 1.54) is 0 Å². The van der Waals surface area contributed by atoms with Gasteiger partial charge in [-0.15, -0.1) is 0 Å². The number of hydrogen-bond donors (Lipinski definition) is 1. The first-order valence-electron chi connectivity index (χ1n) is 5.54. The van der Waals surface area contributed by atoms with E-state index in [2.05, 4.69) is 5.32 Å². The number of para-hydroxylation sites is 1. The zero-order valence-corrected chi connectivity index (χ0v) is 12.9. The van der Waals surface area contributed by atoms with Gasteiger partial charge in [0.15, 0.2) is 0 Å². The van der Waals surface area contributed by atoms with E-state index in [4.69, 9.17) is 39.5 Å². The van der Waals surface area contributed by atoms with E-state index in [9.17, 15) is 4.79 Å². The number of rotatable bonds is 4. The van der Waals surface area contributed by atoms with E-state index in [0.717, 1.165) is 11.3 Å². The molecule has 0 saturated carbocycles. The Balaban J connectivity index is 2.40. The lowest BCUT2D eigenvalue weighted by atomic mass is 10.2. The molecule has 0 fully saturated rings. The minimum Gasteiger partial charge on any atom is -0.445 e. The molecule has 0 spiro atoms. The highest BCUT2D eigenvalue weighted by Crippen LogP contribution is 2.25. The molecular formula is C12H15Cl3N2O2. The van der Waals surface area contributed by atoms with Crippen LogP contribution in [-0.2, 0) is 4.74 Å². The molecule has 1 amide bonds. The zero-order valence-electron chi connectivity index (χ0n) is 10.6. The van der Waals surface area contributed by atoms with Gasteiger partial charge in [-0.25, -0.2) is 4.79 Å². The number of amides is 1. The summed E-state index contributed by atoms with van der Waals surface area (Å²) in [7, 11) is 1.86. The number of benzene rings is 1. The molecule has 0 bridgehead atoms. The van der Waals surface area contributed by atoms with Crippen molar-refractivity contribution in [3.63, 3.8) is 0 Å². The number of alkyl carbamates (subject to hydrolysis) is 1. The van der Waals surface area contributed by atoms with Crippen LogP contribution in [0, 0.1) is 6.92 Å². The zero-order chi connectivity index (χ0) is 14.5. The van der Waals surface area contributed by atoms with Gasteiger partial charge >= 0.3 is 6.09 Å². The van der Waals surface area contributed by atoms with Crippen LogP contribution in [-0.4, -0.2) is 30.2 Å². The molecule has 0 saturated heterocycles. The second-order valence-electron chi connectivity index (χ2n) is 4.01. The Morgan fingerprint density at radius 1 is 1.37 bits per heavy atom. The Morgan fingerprint density at radius 2 is 2.00 bits per heavy atom. The maximum Gasteiger partial charge on any atom is 0.408 e. The van der Waals surface area contributed by atoms with E-state index in [-0.39, 0.29) is 6.61 Å². The van der Waals surface area contributed by atoms with Crippen molar-refractivity contribution in [3.8, 4) is 0 Å². The van der Waals surface area contributed by atoms with Gasteiger partial charge < -0.3 is 15.0 Å². The largest absolute Gasteiger partial charge is 0.445 e. The molecule has 1 aromatic rings. The Bertz CT molecular complexity index is 435. The van der Waals surface area contributed by atoms with Gasteiger partial charge in [0.1, 0.15) is 6.61 Å². The number of alkyl halides is 3. The molecule has 0 aromatic heterocycles. The fraction of sp³-hybridized carbons (Fsp3) is 0.417. The molecule has 7 heteroatoms. The fourth-order valence-corrected chi connectivity index (χ4v) is 1.62. The number of nitrogens with one attached hydrogen (secondary N) is 1. The molecule has 0 aliphatic heterocycles. The van der Waals surface area contributed by atoms with Gasteiger partial charge in [-0.1, -0.05) is 53.0 Å². The van der Waals surface area contributed by atoms with Crippen LogP contribution in [0.3, 0.4) is 0 Å². The molecule has 1 rings (SSSR count). The molecule has 0 heterocycles. The first kappa shape index (κ1) is 16.2. The molecule has 1 aromatic carbocycles. The van der Waals surface area contributed by atoms with Crippen molar-refractivity contribution < 1.29 is 9.53 Å². The van der Waals surface area contributed by atoms with Crippen molar-refractivity contribution in [1.82, 2.24) is 5.32 Å². The van der Waals surface area contributed by atoms with Crippen LogP contribution in [0.25, 0.3) is 0 Å². The highest BCUT2D eigenvalue weighted by Gasteiger charge is 2.22. The number of anilines is 1. The SMILES string of the molecule is Cc1ccccc1N(C)CNC(=O)OCC(Cl)(Cl)Cl. The van der Waals surface area contributed by atoms with Crippen molar-refractivity contribution in [1.29, 1.82) is 0 Å². The summed E-state index contributed by atoms with van der Waals surface area (Å²) < 4.78 is 3.15. The van der Waals surface area contributed by atoms with Crippen LogP contribution in [0.1, 0.15) is 5.56 Å². The lowest BCUT2D eigenvalue weighted by Crippen LogP contribution is -2.37. The molecule has 4 nitrogen and oxygen atoms in total. The van der Waals surface area contributed by atoms with Gasteiger partial charge in [-0.3, -0.25) is 0 Å². The van der Waals surface area contributed by atoms with Crippen LogP contribution < -0.4 is 10.2 Å². The summed E-state index contributed by atoms with van der Waals surface area (Å²) in [5.74, 6) is 0. The van der Waals surface area contributed by atoms with Crippen molar-refractivity contribution in [2.45, 2.75) is 10.7 Å². The summed E-state index contributed by atoms with van der Waals surface area (Å²) in [6.45, 7) is 1.99. The fourth-order valence-electron chi connectivity index (χ4n) is 1.46. The molecule has 1 N–H and O–H groups in total. The summed E-state index contributed by atoms with van der Waals surface area (Å²) in [6.07, 6.45) is -0.633. The Morgan fingerprint density at radius 3 is 2.58 bits per heavy atom. The maximum absolute atomic E-state index is 11.4. The predicted octanol–water partition coefficient (Wildman–Crippen LogP) is 3.49. The molecule has 106 valence electrons. The summed E-state index contributed by atoms with van der Waals surface area (Å²) in [5, 5.41) is 2.57. The smallest absolute Gasteiger partial charge is 0.408 e. The van der Waals surface area contributed by atoms with Gasteiger partial charge in [-0.05, 0) is 18.6 Å². The first-order valence-corrected chi connectivity index (χ1v) is 6.67. The number of ether oxygens (including phenoxy) is 1. The Labute approximate surface area is 127 Å². The van der Waals surface area contributed by atoms with Crippen LogP contribution >= 0.6 is 34.8 Å². The molecule has 0 aliphatic carbocycles. The highest BCUT2D eigenvalue weighted by atomic mass is 35.6. The van der Waals surface area contributed by atoms with Crippen molar-refractivity contribution in [2.24, 2.45) is 0 Å². The Hall–Kier alpha value is -0.840. The third kappa shape index (κ3) is 6.23. The monoisotopic (exact) mass is 324 g/mol. The van der Waals surface area contributed by atoms with Gasteiger partial charge in [0.2, 0.25) is 3.79 Å². The van der Waals surface area contributed by atoms with E-state index < -0.39 is 9.89 Å². The van der Waals surface area contributed by atoms with E-state index in [1.54, 1.807) is 0 Å². The number of nitrogens with zero attached hydrogens (tertiary/aromatic N) is 1. The van der Waals surface area contributed by atoms with Gasteiger partial charge in [0.25, 0.3) is 0 Å². The standard InChI is InChI=1S/C12H15Cl3N2O2/c1-9-5-3-4-6-10(9)17(2)8-16-11(18)19-7-12(13,14)15/h3-6H,7-8H2,1-2H3,(H,16,18). The van der Waals surface area contributed by atoms with Crippen molar-refractivity contribution in [3.05, 3.63) is 29.8 Å². The minimum absolute atomic E-state index is 0.294. The van der Waals surface area contributed by atoms with Crippen molar-refractivity contribution in [2.75, 3.05) is 25.2 Å². The van der Waals surface area contributed by atoms with Crippen LogP contribution in [0.2, 0.25) is 0 Å². The predicted molar refractivity (Wildman–Crippen MR) is 79.2 cm³/mol. The number of carbonyl (C=O) groups excluding carboxylic acids is 1. The highest BCUT2D eigenvalue weighted by molar-refractivity contribution is 6.67. The summed E-state index contributed by atoms with van der Waals surface area (Å²) in [6, 6.07) is 7.84. The maximum atomic E-state index is 11.4. The second-order valence-corrected chi connectivity index (χ2v) is 6.53. The van der Waals surface area contributed by atoms with Gasteiger partial charge in [-0.2, -0.15) is 0 Å². The van der Waals surface area contributed by atoms with Gasteiger partial charge in [0.05, 0.1) is 6.67 Å². The lowest BCUT2D eigenvalue weighted by Gasteiger charge is -2.21. The number of halogens is 3. The molecule has 0 radical (unpaired) electrons. The summed E-state index contributed by atoms with van der Waals surface area (Å²) in [5.41, 5.74) is 2.13. The molecular weight excluding hydrogens is 311 g/mol. The summed E-state index contributed by atoms with van der Waals surface area (Å²) >= 11 is 16.4. The van der Waals surface area contributed by atoms with Crippen LogP contribution in [0.4, 0.5) is 10.5 Å². The van der Waals surface area contributed by atoms with Crippen molar-refractivity contribution >= 4 is 46.6 Å². The average Bonchev–Trinajstić information content (AvgIpc) is 2.33.